The number of para-hydroxylation sites is 1. The molecule has 110 valence electrons. The van der Waals surface area contributed by atoms with E-state index in [0.29, 0.717) is 6.42 Å². The monoisotopic (exact) mass is 283 g/mol. The lowest BCUT2D eigenvalue weighted by atomic mass is 10.1. The summed E-state index contributed by atoms with van der Waals surface area (Å²) in [7, 11) is 0. The first-order valence-electron chi connectivity index (χ1n) is 7.20. The predicted molar refractivity (Wildman–Crippen MR) is 85.7 cm³/mol. The molecule has 0 aromatic heterocycles. The summed E-state index contributed by atoms with van der Waals surface area (Å²) in [5, 5.41) is 2.88. The van der Waals surface area contributed by atoms with E-state index in [0.717, 1.165) is 17.0 Å². The number of hydrogen-bond donors (Lipinski definition) is 1. The molecule has 3 heteroatoms. The van der Waals surface area contributed by atoms with E-state index in [1.165, 1.54) is 5.56 Å². The summed E-state index contributed by atoms with van der Waals surface area (Å²) in [5.41, 5.74) is 3.15. The summed E-state index contributed by atoms with van der Waals surface area (Å²) < 4.78 is 5.82. The summed E-state index contributed by atoms with van der Waals surface area (Å²) >= 11 is 0. The molecule has 21 heavy (non-hydrogen) atoms. The highest BCUT2D eigenvalue weighted by atomic mass is 16.5. The smallest absolute Gasteiger partial charge is 0.265 e. The van der Waals surface area contributed by atoms with E-state index in [1.54, 1.807) is 0 Å². The molecule has 0 spiro atoms. The van der Waals surface area contributed by atoms with E-state index in [-0.39, 0.29) is 5.91 Å². The van der Waals surface area contributed by atoms with Gasteiger partial charge in [-0.05, 0) is 55.7 Å². The number of anilines is 1. The van der Waals surface area contributed by atoms with Crippen molar-refractivity contribution < 1.29 is 9.53 Å². The van der Waals surface area contributed by atoms with E-state index < -0.39 is 6.10 Å². The number of hydrogen-bond acceptors (Lipinski definition) is 2. The molecule has 0 saturated carbocycles. The second-order valence-electron chi connectivity index (χ2n) is 5.12. The zero-order chi connectivity index (χ0) is 15.2. The molecule has 0 aliphatic carbocycles. The Morgan fingerprint density at radius 1 is 1.10 bits per heavy atom. The van der Waals surface area contributed by atoms with Crippen LogP contribution in [0.4, 0.5) is 5.69 Å². The maximum Gasteiger partial charge on any atom is 0.265 e. The van der Waals surface area contributed by atoms with Gasteiger partial charge in [-0.15, -0.1) is 0 Å². The van der Waals surface area contributed by atoms with Crippen molar-refractivity contribution in [1.29, 1.82) is 0 Å². The van der Waals surface area contributed by atoms with Crippen LogP contribution in [0.15, 0.2) is 48.5 Å². The third kappa shape index (κ3) is 4.09. The summed E-state index contributed by atoms with van der Waals surface area (Å²) in [4.78, 5) is 12.3. The molecule has 3 nitrogen and oxygen atoms in total. The highest BCUT2D eigenvalue weighted by molar-refractivity contribution is 5.94. The molecule has 1 amide bonds. The van der Waals surface area contributed by atoms with Crippen LogP contribution in [0, 0.1) is 13.8 Å². The Bertz CT molecular complexity index is 608. The molecule has 2 aromatic rings. The van der Waals surface area contributed by atoms with Gasteiger partial charge in [-0.2, -0.15) is 0 Å². The minimum Gasteiger partial charge on any atom is -0.481 e. The fourth-order valence-electron chi connectivity index (χ4n) is 2.02. The maximum absolute atomic E-state index is 12.3. The van der Waals surface area contributed by atoms with Crippen molar-refractivity contribution in [2.75, 3.05) is 5.32 Å². The normalized spacial score (nSPS) is 11.8. The Kier molecular flexibility index (Phi) is 4.99. The molecule has 0 bridgehead atoms. The third-order valence-electron chi connectivity index (χ3n) is 3.46. The zero-order valence-electron chi connectivity index (χ0n) is 12.7. The van der Waals surface area contributed by atoms with E-state index in [2.05, 4.69) is 12.2 Å². The van der Waals surface area contributed by atoms with Gasteiger partial charge in [0.15, 0.2) is 6.10 Å². The molecule has 1 atom stereocenters. The van der Waals surface area contributed by atoms with Gasteiger partial charge in [-0.3, -0.25) is 4.79 Å². The fraction of sp³-hybridized carbons (Fsp3) is 0.278. The summed E-state index contributed by atoms with van der Waals surface area (Å²) in [6.45, 7) is 6.03. The van der Waals surface area contributed by atoms with Crippen molar-refractivity contribution in [3.63, 3.8) is 0 Å². The molecular weight excluding hydrogens is 262 g/mol. The van der Waals surface area contributed by atoms with Crippen LogP contribution < -0.4 is 10.1 Å². The van der Waals surface area contributed by atoms with Crippen LogP contribution in [0.25, 0.3) is 0 Å². The molecule has 0 aliphatic heterocycles. The Labute approximate surface area is 126 Å². The lowest BCUT2D eigenvalue weighted by Crippen LogP contribution is -2.32. The van der Waals surface area contributed by atoms with Gasteiger partial charge in [-0.25, -0.2) is 0 Å². The Morgan fingerprint density at radius 2 is 1.81 bits per heavy atom. The average molecular weight is 283 g/mol. The van der Waals surface area contributed by atoms with Crippen LogP contribution in [-0.2, 0) is 4.79 Å². The van der Waals surface area contributed by atoms with E-state index >= 15 is 0 Å². The van der Waals surface area contributed by atoms with Gasteiger partial charge in [0.05, 0.1) is 0 Å². The maximum atomic E-state index is 12.3. The summed E-state index contributed by atoms with van der Waals surface area (Å²) in [6.07, 6.45) is 0.123. The molecule has 2 aromatic carbocycles. The highest BCUT2D eigenvalue weighted by Crippen LogP contribution is 2.19. The first-order valence-corrected chi connectivity index (χ1v) is 7.20. The van der Waals surface area contributed by atoms with Gasteiger partial charge in [0.1, 0.15) is 5.75 Å². The van der Waals surface area contributed by atoms with Crippen LogP contribution in [-0.4, -0.2) is 12.0 Å². The van der Waals surface area contributed by atoms with Crippen molar-refractivity contribution in [2.24, 2.45) is 0 Å². The predicted octanol–water partition coefficient (Wildman–Crippen LogP) is 4.10. The van der Waals surface area contributed by atoms with Gasteiger partial charge in [0.2, 0.25) is 0 Å². The van der Waals surface area contributed by atoms with Gasteiger partial charge in [-0.1, -0.05) is 31.2 Å². The minimum atomic E-state index is -0.493. The van der Waals surface area contributed by atoms with Crippen molar-refractivity contribution >= 4 is 11.6 Å². The number of carbonyl (C=O) groups excluding carboxylic acids is 1. The van der Waals surface area contributed by atoms with Gasteiger partial charge >= 0.3 is 0 Å². The Hall–Kier alpha value is -2.29. The molecule has 0 radical (unpaired) electrons. The van der Waals surface area contributed by atoms with Gasteiger partial charge < -0.3 is 10.1 Å². The number of amides is 1. The fourth-order valence-corrected chi connectivity index (χ4v) is 2.02. The van der Waals surface area contributed by atoms with Gasteiger partial charge in [0.25, 0.3) is 5.91 Å². The lowest BCUT2D eigenvalue weighted by molar-refractivity contribution is -0.122. The Balaban J connectivity index is 2.05. The molecule has 0 saturated heterocycles. The molecule has 1 N–H and O–H groups in total. The number of rotatable bonds is 5. The topological polar surface area (TPSA) is 38.3 Å². The molecule has 0 aliphatic rings. The van der Waals surface area contributed by atoms with Crippen molar-refractivity contribution in [1.82, 2.24) is 0 Å². The van der Waals surface area contributed by atoms with E-state index in [4.69, 9.17) is 4.74 Å². The van der Waals surface area contributed by atoms with E-state index in [1.807, 2.05) is 62.4 Å². The molecule has 2 rings (SSSR count). The number of aryl methyl sites for hydroxylation is 2. The molecule has 0 heterocycles. The second-order valence-corrected chi connectivity index (χ2v) is 5.12. The quantitative estimate of drug-likeness (QED) is 0.897. The molecular formula is C18H21NO2. The minimum absolute atomic E-state index is 0.123. The van der Waals surface area contributed by atoms with Crippen LogP contribution in [0.1, 0.15) is 24.5 Å². The number of nitrogens with one attached hydrogen (secondary N) is 1. The standard InChI is InChI=1S/C18H21NO2/c1-4-17(18(20)19-15-8-6-5-7-9-15)21-16-11-10-13(2)14(3)12-16/h5-12,17H,4H2,1-3H3,(H,19,20)/t17-/m1/s1. The zero-order valence-corrected chi connectivity index (χ0v) is 12.7. The van der Waals surface area contributed by atoms with Crippen LogP contribution in [0.3, 0.4) is 0 Å². The average Bonchev–Trinajstić information content (AvgIpc) is 2.49. The SMILES string of the molecule is CC[C@@H](Oc1ccc(C)c(C)c1)C(=O)Nc1ccccc1. The van der Waals surface area contributed by atoms with Crippen LogP contribution in [0.5, 0.6) is 5.75 Å². The van der Waals surface area contributed by atoms with Crippen LogP contribution in [0.2, 0.25) is 0 Å². The second kappa shape index (κ2) is 6.93. The lowest BCUT2D eigenvalue weighted by Gasteiger charge is -2.18. The van der Waals surface area contributed by atoms with Crippen molar-refractivity contribution in [3.05, 3.63) is 59.7 Å². The Morgan fingerprint density at radius 3 is 2.43 bits per heavy atom. The summed E-state index contributed by atoms with van der Waals surface area (Å²) in [5.74, 6) is 0.607. The molecule has 0 unspecified atom stereocenters. The van der Waals surface area contributed by atoms with Crippen molar-refractivity contribution in [3.8, 4) is 5.75 Å². The first-order chi connectivity index (χ1) is 10.1. The van der Waals surface area contributed by atoms with Crippen molar-refractivity contribution in [2.45, 2.75) is 33.3 Å². The van der Waals surface area contributed by atoms with Gasteiger partial charge in [0, 0.05) is 5.69 Å². The van der Waals surface area contributed by atoms with E-state index in [9.17, 15) is 4.79 Å². The molecule has 0 fully saturated rings. The largest absolute Gasteiger partial charge is 0.481 e. The van der Waals surface area contributed by atoms with Crippen LogP contribution >= 0.6 is 0 Å². The number of carbonyl (C=O) groups is 1. The highest BCUT2D eigenvalue weighted by Gasteiger charge is 2.18. The first kappa shape index (κ1) is 15.1. The number of benzene rings is 2. The summed E-state index contributed by atoms with van der Waals surface area (Å²) in [6, 6.07) is 15.3. The third-order valence-corrected chi connectivity index (χ3v) is 3.46. The number of ether oxygens (including phenoxy) is 1.